The van der Waals surface area contributed by atoms with Gasteiger partial charge in [-0.25, -0.2) is 0 Å². The molecular weight excluding hydrogens is 246 g/mol. The van der Waals surface area contributed by atoms with E-state index in [9.17, 15) is 4.79 Å². The number of ether oxygens (including phenoxy) is 1. The fraction of sp³-hybridized carbons (Fsp3) is 0.643. The van der Waals surface area contributed by atoms with Gasteiger partial charge in [0.15, 0.2) is 0 Å². The second-order valence-corrected chi connectivity index (χ2v) is 6.08. The van der Waals surface area contributed by atoms with Crippen LogP contribution in [-0.4, -0.2) is 24.7 Å². The van der Waals surface area contributed by atoms with Crippen molar-refractivity contribution in [2.24, 2.45) is 5.41 Å². The van der Waals surface area contributed by atoms with Crippen LogP contribution in [0.5, 0.6) is 0 Å². The van der Waals surface area contributed by atoms with Crippen LogP contribution in [0.15, 0.2) is 16.8 Å². The lowest BCUT2D eigenvalue weighted by molar-refractivity contribution is -0.169. The van der Waals surface area contributed by atoms with Crippen molar-refractivity contribution in [2.45, 2.75) is 44.8 Å². The summed E-state index contributed by atoms with van der Waals surface area (Å²) in [6.07, 6.45) is 5.01. The Bertz CT molecular complexity index is 425. The maximum absolute atomic E-state index is 12.1. The zero-order valence-corrected chi connectivity index (χ0v) is 11.5. The van der Waals surface area contributed by atoms with Crippen LogP contribution in [0.1, 0.15) is 43.0 Å². The number of carbonyl (C=O) groups is 1. The first-order valence-corrected chi connectivity index (χ1v) is 7.65. The molecule has 4 heteroatoms. The molecule has 1 amide bonds. The molecule has 3 rings (SSSR count). The highest BCUT2D eigenvalue weighted by molar-refractivity contribution is 7.08. The van der Waals surface area contributed by atoms with Crippen LogP contribution in [0.25, 0.3) is 0 Å². The first-order valence-electron chi connectivity index (χ1n) is 6.71. The fourth-order valence-electron chi connectivity index (χ4n) is 3.28. The molecule has 2 unspecified atom stereocenters. The van der Waals surface area contributed by atoms with Crippen LogP contribution >= 0.6 is 11.3 Å². The molecule has 2 aliphatic carbocycles. The molecule has 2 saturated carbocycles. The van der Waals surface area contributed by atoms with E-state index in [0.29, 0.717) is 12.1 Å². The normalized spacial score (nSPS) is 28.5. The molecule has 1 aromatic rings. The molecule has 0 bridgehead atoms. The smallest absolute Gasteiger partial charge is 0.252 e. The summed E-state index contributed by atoms with van der Waals surface area (Å²) in [6.45, 7) is 2.82. The predicted octanol–water partition coefficient (Wildman–Crippen LogP) is 2.83. The van der Waals surface area contributed by atoms with Crippen LogP contribution in [0, 0.1) is 5.41 Å². The zero-order chi connectivity index (χ0) is 12.6. The van der Waals surface area contributed by atoms with Crippen LogP contribution in [0.2, 0.25) is 0 Å². The summed E-state index contributed by atoms with van der Waals surface area (Å²) in [5, 5.41) is 7.03. The van der Waals surface area contributed by atoms with Gasteiger partial charge in [0.25, 0.3) is 5.91 Å². The highest BCUT2D eigenvalue weighted by Gasteiger charge is 2.59. The summed E-state index contributed by atoms with van der Waals surface area (Å²) >= 11 is 1.56. The monoisotopic (exact) mass is 265 g/mol. The molecule has 3 nitrogen and oxygen atoms in total. The van der Waals surface area contributed by atoms with E-state index in [-0.39, 0.29) is 11.3 Å². The van der Waals surface area contributed by atoms with Gasteiger partial charge in [0.2, 0.25) is 0 Å². The molecule has 0 aliphatic heterocycles. The molecule has 18 heavy (non-hydrogen) atoms. The van der Waals surface area contributed by atoms with Crippen molar-refractivity contribution in [1.29, 1.82) is 0 Å². The number of hydrogen-bond acceptors (Lipinski definition) is 3. The third kappa shape index (κ3) is 1.79. The molecule has 1 N–H and O–H groups in total. The first-order chi connectivity index (χ1) is 8.76. The molecule has 0 radical (unpaired) electrons. The molecule has 2 aliphatic rings. The standard InChI is InChI=1S/C14H19NO2S/c1-2-17-12-8-11(14(12)5-3-6-14)15-13(16)10-4-7-18-9-10/h4,7,9,11-12H,2-3,5-6,8H2,1H3,(H,15,16). The Morgan fingerprint density at radius 2 is 2.44 bits per heavy atom. The van der Waals surface area contributed by atoms with Gasteiger partial charge >= 0.3 is 0 Å². The average molecular weight is 265 g/mol. The number of thiophene rings is 1. The second kappa shape index (κ2) is 4.67. The number of rotatable bonds is 4. The zero-order valence-electron chi connectivity index (χ0n) is 10.6. The van der Waals surface area contributed by atoms with E-state index < -0.39 is 0 Å². The molecular formula is C14H19NO2S. The number of nitrogens with one attached hydrogen (secondary N) is 1. The van der Waals surface area contributed by atoms with Gasteiger partial charge in [0.1, 0.15) is 0 Å². The van der Waals surface area contributed by atoms with Crippen LogP contribution in [0.3, 0.4) is 0 Å². The molecule has 98 valence electrons. The topological polar surface area (TPSA) is 38.3 Å². The highest BCUT2D eigenvalue weighted by Crippen LogP contribution is 2.57. The molecule has 0 aromatic carbocycles. The van der Waals surface area contributed by atoms with Gasteiger partial charge in [-0.2, -0.15) is 11.3 Å². The maximum atomic E-state index is 12.1. The largest absolute Gasteiger partial charge is 0.378 e. The van der Waals surface area contributed by atoms with E-state index in [0.717, 1.165) is 18.6 Å². The number of carbonyl (C=O) groups excluding carboxylic acids is 1. The van der Waals surface area contributed by atoms with Gasteiger partial charge in [-0.1, -0.05) is 6.42 Å². The first kappa shape index (κ1) is 12.2. The van der Waals surface area contributed by atoms with Gasteiger partial charge in [-0.3, -0.25) is 4.79 Å². The predicted molar refractivity (Wildman–Crippen MR) is 71.9 cm³/mol. The van der Waals surface area contributed by atoms with Gasteiger partial charge in [-0.05, 0) is 37.6 Å². The van der Waals surface area contributed by atoms with E-state index in [1.54, 1.807) is 11.3 Å². The van der Waals surface area contributed by atoms with Gasteiger partial charge in [-0.15, -0.1) is 0 Å². The molecule has 0 saturated heterocycles. The van der Waals surface area contributed by atoms with Crippen LogP contribution in [-0.2, 0) is 4.74 Å². The molecule has 1 aromatic heterocycles. The van der Waals surface area contributed by atoms with Crippen molar-refractivity contribution in [3.8, 4) is 0 Å². The maximum Gasteiger partial charge on any atom is 0.252 e. The van der Waals surface area contributed by atoms with Crippen molar-refractivity contribution in [1.82, 2.24) is 5.32 Å². The Morgan fingerprint density at radius 1 is 1.61 bits per heavy atom. The Kier molecular flexibility index (Phi) is 3.16. The lowest BCUT2D eigenvalue weighted by Gasteiger charge is -2.61. The van der Waals surface area contributed by atoms with E-state index in [1.807, 2.05) is 23.8 Å². The Morgan fingerprint density at radius 3 is 3.00 bits per heavy atom. The van der Waals surface area contributed by atoms with Crippen molar-refractivity contribution >= 4 is 17.2 Å². The third-order valence-corrected chi connectivity index (χ3v) is 5.21. The van der Waals surface area contributed by atoms with E-state index in [2.05, 4.69) is 5.32 Å². The summed E-state index contributed by atoms with van der Waals surface area (Å²) in [5.41, 5.74) is 1.04. The Labute approximate surface area is 112 Å². The van der Waals surface area contributed by atoms with Crippen LogP contribution in [0.4, 0.5) is 0 Å². The minimum atomic E-state index is 0.0717. The van der Waals surface area contributed by atoms with Crippen molar-refractivity contribution < 1.29 is 9.53 Å². The second-order valence-electron chi connectivity index (χ2n) is 5.30. The molecule has 2 fully saturated rings. The minimum Gasteiger partial charge on any atom is -0.378 e. The summed E-state index contributed by atoms with van der Waals surface area (Å²) in [7, 11) is 0. The van der Waals surface area contributed by atoms with Crippen molar-refractivity contribution in [2.75, 3.05) is 6.61 Å². The minimum absolute atomic E-state index is 0.0717. The van der Waals surface area contributed by atoms with Gasteiger partial charge < -0.3 is 10.1 Å². The number of amides is 1. The van der Waals surface area contributed by atoms with E-state index in [4.69, 9.17) is 4.74 Å². The highest BCUT2D eigenvalue weighted by atomic mass is 32.1. The molecule has 1 heterocycles. The Balaban J connectivity index is 1.63. The molecule has 1 spiro atoms. The van der Waals surface area contributed by atoms with Gasteiger partial charge in [0.05, 0.1) is 6.10 Å². The summed E-state index contributed by atoms with van der Waals surface area (Å²) < 4.78 is 5.79. The molecule has 2 atom stereocenters. The lowest BCUT2D eigenvalue weighted by atomic mass is 9.51. The quantitative estimate of drug-likeness (QED) is 0.909. The lowest BCUT2D eigenvalue weighted by Crippen LogP contribution is -2.67. The van der Waals surface area contributed by atoms with E-state index >= 15 is 0 Å². The van der Waals surface area contributed by atoms with Crippen LogP contribution < -0.4 is 5.32 Å². The van der Waals surface area contributed by atoms with Gasteiger partial charge in [0, 0.05) is 29.0 Å². The summed E-state index contributed by atoms with van der Waals surface area (Å²) in [4.78, 5) is 12.1. The Hall–Kier alpha value is -0.870. The number of hydrogen-bond donors (Lipinski definition) is 1. The summed E-state index contributed by atoms with van der Waals surface area (Å²) in [6, 6.07) is 2.20. The third-order valence-electron chi connectivity index (χ3n) is 4.53. The average Bonchev–Trinajstić information content (AvgIpc) is 2.78. The van der Waals surface area contributed by atoms with Crippen molar-refractivity contribution in [3.63, 3.8) is 0 Å². The van der Waals surface area contributed by atoms with Crippen molar-refractivity contribution in [3.05, 3.63) is 22.4 Å². The summed E-state index contributed by atoms with van der Waals surface area (Å²) in [5.74, 6) is 0.0717. The SMILES string of the molecule is CCOC1CC(NC(=O)c2ccsc2)C12CCC2. The van der Waals surface area contributed by atoms with E-state index in [1.165, 1.54) is 19.3 Å². The fourth-order valence-corrected chi connectivity index (χ4v) is 3.91.